The number of carbonyl (C=O) groups is 1. The summed E-state index contributed by atoms with van der Waals surface area (Å²) in [6, 6.07) is 3.39. The molecule has 0 aliphatic rings. The number of aliphatic hydroxyl groups is 1. The predicted molar refractivity (Wildman–Crippen MR) is 71.9 cm³/mol. The van der Waals surface area contributed by atoms with Crippen LogP contribution in [0.2, 0.25) is 0 Å². The van der Waals surface area contributed by atoms with Crippen LogP contribution in [-0.2, 0) is 4.79 Å². The van der Waals surface area contributed by atoms with Gasteiger partial charge in [0.05, 0.1) is 18.7 Å². The Bertz CT molecular complexity index is 511. The summed E-state index contributed by atoms with van der Waals surface area (Å²) in [5, 5.41) is 21.8. The Labute approximate surface area is 123 Å². The van der Waals surface area contributed by atoms with Gasteiger partial charge < -0.3 is 10.4 Å². The van der Waals surface area contributed by atoms with Gasteiger partial charge in [-0.05, 0) is 17.9 Å². The number of hydrogen-bond acceptors (Lipinski definition) is 5. The molecule has 21 heavy (non-hydrogen) atoms. The minimum atomic E-state index is -4.42. The van der Waals surface area contributed by atoms with Crippen molar-refractivity contribution in [3.05, 3.63) is 17.0 Å². The molecule has 0 unspecified atom stereocenters. The van der Waals surface area contributed by atoms with E-state index >= 15 is 0 Å². The highest BCUT2D eigenvalue weighted by Crippen LogP contribution is 2.22. The highest BCUT2D eigenvalue weighted by Gasteiger charge is 2.31. The predicted octanol–water partition coefficient (Wildman–Crippen LogP) is 1.80. The molecule has 1 rings (SSSR count). The molecule has 2 N–H and O–H groups in total. The quantitative estimate of drug-likeness (QED) is 0.803. The van der Waals surface area contributed by atoms with Crippen LogP contribution < -0.4 is 5.32 Å². The fraction of sp³-hybridized carbons (Fsp3) is 0.500. The molecule has 1 aromatic heterocycles. The molecule has 1 heterocycles. The molecule has 1 amide bonds. The number of thiophene rings is 1. The maximum Gasteiger partial charge on any atom is 0.401 e. The van der Waals surface area contributed by atoms with Crippen LogP contribution in [0.15, 0.2) is 11.4 Å². The van der Waals surface area contributed by atoms with E-state index < -0.39 is 25.2 Å². The summed E-state index contributed by atoms with van der Waals surface area (Å²) in [7, 11) is 0. The maximum atomic E-state index is 12.4. The van der Waals surface area contributed by atoms with Crippen LogP contribution in [0, 0.1) is 11.3 Å². The molecule has 9 heteroatoms. The monoisotopic (exact) mass is 321 g/mol. The molecule has 116 valence electrons. The first kappa shape index (κ1) is 17.4. The molecular formula is C12H14F3N3O2S. The lowest BCUT2D eigenvalue weighted by atomic mass is 10.3. The zero-order valence-corrected chi connectivity index (χ0v) is 11.8. The van der Waals surface area contributed by atoms with E-state index in [4.69, 9.17) is 10.4 Å². The lowest BCUT2D eigenvalue weighted by Crippen LogP contribution is -2.40. The topological polar surface area (TPSA) is 76.4 Å². The van der Waals surface area contributed by atoms with Gasteiger partial charge in [-0.15, -0.1) is 11.3 Å². The SMILES string of the molecule is N#Cc1ccsc1NC(=O)CN(CCCO)CC(F)(F)F. The number of nitrogens with zero attached hydrogens (tertiary/aromatic N) is 2. The Morgan fingerprint density at radius 3 is 2.81 bits per heavy atom. The summed E-state index contributed by atoms with van der Waals surface area (Å²) in [5.74, 6) is -0.629. The number of hydrogen-bond donors (Lipinski definition) is 2. The number of anilines is 1. The average Bonchev–Trinajstić information content (AvgIpc) is 2.81. The lowest BCUT2D eigenvalue weighted by Gasteiger charge is -2.22. The van der Waals surface area contributed by atoms with Crippen LogP contribution in [0.4, 0.5) is 18.2 Å². The summed E-state index contributed by atoms with van der Waals surface area (Å²) < 4.78 is 37.2. The molecule has 0 spiro atoms. The standard InChI is InChI=1S/C12H14F3N3O2S/c13-12(14,15)8-18(3-1-4-19)7-10(20)17-11-9(6-16)2-5-21-11/h2,5,19H,1,3-4,7-8H2,(H,17,20). The van der Waals surface area contributed by atoms with Crippen LogP contribution in [0.5, 0.6) is 0 Å². The van der Waals surface area contributed by atoms with Gasteiger partial charge in [0, 0.05) is 13.2 Å². The number of nitriles is 1. The Balaban J connectivity index is 2.61. The highest BCUT2D eigenvalue weighted by atomic mass is 32.1. The van der Waals surface area contributed by atoms with Crippen LogP contribution in [0.3, 0.4) is 0 Å². The van der Waals surface area contributed by atoms with Gasteiger partial charge in [0.15, 0.2) is 0 Å². The summed E-state index contributed by atoms with van der Waals surface area (Å²) in [6.45, 7) is -1.98. The molecule has 0 saturated heterocycles. The van der Waals surface area contributed by atoms with Gasteiger partial charge in [0.1, 0.15) is 11.1 Å². The summed E-state index contributed by atoms with van der Waals surface area (Å²) in [4.78, 5) is 12.7. The molecule has 0 bridgehead atoms. The number of rotatable bonds is 7. The summed E-state index contributed by atoms with van der Waals surface area (Å²) in [5.41, 5.74) is 0.270. The van der Waals surface area contributed by atoms with Crippen molar-refractivity contribution in [3.63, 3.8) is 0 Å². The van der Waals surface area contributed by atoms with E-state index in [1.54, 1.807) is 5.38 Å². The molecule has 0 fully saturated rings. The van der Waals surface area contributed by atoms with Gasteiger partial charge in [-0.25, -0.2) is 0 Å². The summed E-state index contributed by atoms with van der Waals surface area (Å²) in [6.07, 6.45) is -4.28. The van der Waals surface area contributed by atoms with Crippen molar-refractivity contribution >= 4 is 22.2 Å². The minimum absolute atomic E-state index is 0.0427. The van der Waals surface area contributed by atoms with Crippen LogP contribution in [0.25, 0.3) is 0 Å². The Hall–Kier alpha value is -1.63. The highest BCUT2D eigenvalue weighted by molar-refractivity contribution is 7.14. The second kappa shape index (κ2) is 7.97. The second-order valence-electron chi connectivity index (χ2n) is 4.23. The fourth-order valence-corrected chi connectivity index (χ4v) is 2.38. The normalized spacial score (nSPS) is 11.4. The van der Waals surface area contributed by atoms with Crippen molar-refractivity contribution in [2.45, 2.75) is 12.6 Å². The van der Waals surface area contributed by atoms with Gasteiger partial charge in [0.2, 0.25) is 5.91 Å². The number of halogens is 3. The molecule has 0 saturated carbocycles. The summed E-state index contributed by atoms with van der Waals surface area (Å²) >= 11 is 1.13. The van der Waals surface area contributed by atoms with Gasteiger partial charge >= 0.3 is 6.18 Å². The zero-order chi connectivity index (χ0) is 15.9. The van der Waals surface area contributed by atoms with E-state index in [2.05, 4.69) is 5.32 Å². The van der Waals surface area contributed by atoms with Gasteiger partial charge in [-0.3, -0.25) is 9.69 Å². The van der Waals surface area contributed by atoms with E-state index in [9.17, 15) is 18.0 Å². The number of aliphatic hydroxyl groups excluding tert-OH is 1. The third kappa shape index (κ3) is 6.57. The number of carbonyl (C=O) groups excluding carboxylic acids is 1. The van der Waals surface area contributed by atoms with Crippen LogP contribution >= 0.6 is 11.3 Å². The van der Waals surface area contributed by atoms with Crippen molar-refractivity contribution in [2.24, 2.45) is 0 Å². The van der Waals surface area contributed by atoms with Crippen LogP contribution in [-0.4, -0.2) is 48.3 Å². The molecule has 0 aromatic carbocycles. The first-order valence-electron chi connectivity index (χ1n) is 6.03. The maximum absolute atomic E-state index is 12.4. The van der Waals surface area contributed by atoms with Crippen LogP contribution in [0.1, 0.15) is 12.0 Å². The van der Waals surface area contributed by atoms with Gasteiger partial charge in [-0.2, -0.15) is 18.4 Å². The first-order chi connectivity index (χ1) is 9.85. The van der Waals surface area contributed by atoms with Crippen molar-refractivity contribution in [2.75, 3.05) is 31.6 Å². The third-order valence-corrected chi connectivity index (χ3v) is 3.27. The largest absolute Gasteiger partial charge is 0.401 e. The molecule has 5 nitrogen and oxygen atoms in total. The van der Waals surface area contributed by atoms with Crippen molar-refractivity contribution in [1.29, 1.82) is 5.26 Å². The third-order valence-electron chi connectivity index (χ3n) is 2.44. The van der Waals surface area contributed by atoms with Crippen molar-refractivity contribution in [1.82, 2.24) is 4.90 Å². The fourth-order valence-electron chi connectivity index (χ4n) is 1.63. The molecule has 0 atom stereocenters. The zero-order valence-electron chi connectivity index (χ0n) is 11.0. The van der Waals surface area contributed by atoms with Gasteiger partial charge in [0.25, 0.3) is 0 Å². The molecule has 0 radical (unpaired) electrons. The smallest absolute Gasteiger partial charge is 0.396 e. The van der Waals surface area contributed by atoms with Crippen molar-refractivity contribution < 1.29 is 23.1 Å². The number of alkyl halides is 3. The molecular weight excluding hydrogens is 307 g/mol. The lowest BCUT2D eigenvalue weighted by molar-refractivity contribution is -0.148. The van der Waals surface area contributed by atoms with E-state index in [1.165, 1.54) is 6.07 Å². The van der Waals surface area contributed by atoms with E-state index in [1.807, 2.05) is 6.07 Å². The van der Waals surface area contributed by atoms with Gasteiger partial charge in [-0.1, -0.05) is 0 Å². The van der Waals surface area contributed by atoms with E-state index in [-0.39, 0.29) is 25.1 Å². The number of nitrogens with one attached hydrogen (secondary N) is 1. The average molecular weight is 321 g/mol. The Morgan fingerprint density at radius 1 is 1.52 bits per heavy atom. The molecule has 0 aliphatic heterocycles. The Kier molecular flexibility index (Phi) is 6.61. The minimum Gasteiger partial charge on any atom is -0.396 e. The van der Waals surface area contributed by atoms with E-state index in [0.29, 0.717) is 5.00 Å². The Morgan fingerprint density at radius 2 is 2.24 bits per heavy atom. The molecule has 1 aromatic rings. The number of amides is 1. The van der Waals surface area contributed by atoms with E-state index in [0.717, 1.165) is 16.2 Å². The molecule has 0 aliphatic carbocycles. The van der Waals surface area contributed by atoms with Crippen molar-refractivity contribution in [3.8, 4) is 6.07 Å². The first-order valence-corrected chi connectivity index (χ1v) is 6.91. The second-order valence-corrected chi connectivity index (χ2v) is 5.14.